The molecule has 1 aliphatic rings. The predicted octanol–water partition coefficient (Wildman–Crippen LogP) is 3.89. The van der Waals surface area contributed by atoms with E-state index in [4.69, 9.17) is 0 Å². The maximum atomic E-state index is 13.2. The molecule has 0 bridgehead atoms. The Kier molecular flexibility index (Phi) is 5.56. The van der Waals surface area contributed by atoms with Gasteiger partial charge in [0.15, 0.2) is 0 Å². The molecule has 1 aliphatic heterocycles. The quantitative estimate of drug-likeness (QED) is 0.682. The first-order chi connectivity index (χ1) is 14.2. The van der Waals surface area contributed by atoms with E-state index in [1.54, 1.807) is 11.0 Å². The van der Waals surface area contributed by atoms with Crippen molar-refractivity contribution in [1.82, 2.24) is 14.8 Å². The van der Waals surface area contributed by atoms with Crippen molar-refractivity contribution in [2.45, 2.75) is 32.4 Å². The van der Waals surface area contributed by atoms with Crippen LogP contribution in [0.25, 0.3) is 10.9 Å². The van der Waals surface area contributed by atoms with Crippen molar-refractivity contribution in [2.24, 2.45) is 0 Å². The van der Waals surface area contributed by atoms with Crippen LogP contribution in [0.1, 0.15) is 35.8 Å². The molecule has 2 amide bonds. The maximum Gasteiger partial charge on any atom is 0.272 e. The molecule has 0 radical (unpaired) electrons. The molecule has 5 nitrogen and oxygen atoms in total. The second kappa shape index (κ2) is 8.43. The Balaban J connectivity index is 1.55. The number of benzene rings is 2. The lowest BCUT2D eigenvalue weighted by atomic mass is 10.1. The van der Waals surface area contributed by atoms with Gasteiger partial charge in [0.25, 0.3) is 5.91 Å². The number of aromatic nitrogens is 1. The van der Waals surface area contributed by atoms with Crippen molar-refractivity contribution in [2.75, 3.05) is 13.1 Å². The summed E-state index contributed by atoms with van der Waals surface area (Å²) in [6.45, 7) is 3.60. The minimum absolute atomic E-state index is 0.00499. The summed E-state index contributed by atoms with van der Waals surface area (Å²) in [5.74, 6) is -0.00830. The molecule has 1 aromatic heterocycles. The smallest absolute Gasteiger partial charge is 0.272 e. The van der Waals surface area contributed by atoms with Crippen molar-refractivity contribution < 1.29 is 9.59 Å². The van der Waals surface area contributed by atoms with Crippen molar-refractivity contribution in [3.8, 4) is 0 Å². The fraction of sp³-hybridized carbons (Fsp3) is 0.292. The average molecular weight is 387 g/mol. The lowest BCUT2D eigenvalue weighted by Gasteiger charge is -2.31. The van der Waals surface area contributed by atoms with E-state index in [0.29, 0.717) is 31.7 Å². The van der Waals surface area contributed by atoms with Crippen LogP contribution in [-0.2, 0) is 11.3 Å². The van der Waals surface area contributed by atoms with E-state index in [0.717, 1.165) is 22.9 Å². The zero-order valence-electron chi connectivity index (χ0n) is 16.6. The summed E-state index contributed by atoms with van der Waals surface area (Å²) in [6.07, 6.45) is 1.14. The summed E-state index contributed by atoms with van der Waals surface area (Å²) in [7, 11) is 0. The van der Waals surface area contributed by atoms with Crippen LogP contribution in [0, 0.1) is 0 Å². The molecule has 0 spiro atoms. The monoisotopic (exact) mass is 387 g/mol. The molecule has 1 atom stereocenters. The zero-order valence-corrected chi connectivity index (χ0v) is 16.6. The number of hydrogen-bond acceptors (Lipinski definition) is 3. The number of carbonyl (C=O) groups is 2. The molecule has 2 aromatic carbocycles. The topological polar surface area (TPSA) is 53.5 Å². The normalized spacial score (nSPS) is 17.4. The Morgan fingerprint density at radius 1 is 1.03 bits per heavy atom. The number of rotatable bonds is 4. The first-order valence-corrected chi connectivity index (χ1v) is 10.1. The van der Waals surface area contributed by atoms with Crippen LogP contribution in [0.2, 0.25) is 0 Å². The molecule has 2 heterocycles. The van der Waals surface area contributed by atoms with Crippen LogP contribution in [0.5, 0.6) is 0 Å². The van der Waals surface area contributed by atoms with E-state index in [2.05, 4.69) is 11.9 Å². The molecule has 3 aromatic rings. The number of fused-ring (bicyclic) bond motifs is 1. The minimum Gasteiger partial charge on any atom is -0.335 e. The molecule has 5 heteroatoms. The van der Waals surface area contributed by atoms with E-state index in [1.807, 2.05) is 65.6 Å². The van der Waals surface area contributed by atoms with Gasteiger partial charge in [-0.05, 0) is 24.1 Å². The van der Waals surface area contributed by atoms with Gasteiger partial charge in [0.05, 0.1) is 5.52 Å². The molecular weight excluding hydrogens is 362 g/mol. The van der Waals surface area contributed by atoms with Gasteiger partial charge in [0.2, 0.25) is 5.91 Å². The van der Waals surface area contributed by atoms with Gasteiger partial charge in [-0.1, -0.05) is 61.5 Å². The second-order valence-electron chi connectivity index (χ2n) is 7.46. The highest BCUT2D eigenvalue weighted by atomic mass is 16.2. The standard InChI is InChI=1S/C24H25N3O2/c1-2-20-17-26(15-14-23(28)27(20)16-18-8-4-3-5-9-18)24(29)22-13-12-19-10-6-7-11-21(19)25-22/h3-13,20H,2,14-17H2,1H3/t20-/m0/s1. The summed E-state index contributed by atoms with van der Waals surface area (Å²) in [4.78, 5) is 34.3. The third-order valence-electron chi connectivity index (χ3n) is 5.56. The molecule has 0 aliphatic carbocycles. The largest absolute Gasteiger partial charge is 0.335 e. The fourth-order valence-corrected chi connectivity index (χ4v) is 3.90. The Morgan fingerprint density at radius 3 is 2.59 bits per heavy atom. The van der Waals surface area contributed by atoms with Gasteiger partial charge >= 0.3 is 0 Å². The summed E-state index contributed by atoms with van der Waals surface area (Å²) >= 11 is 0. The molecule has 0 saturated carbocycles. The van der Waals surface area contributed by atoms with Crippen molar-refractivity contribution >= 4 is 22.7 Å². The summed E-state index contributed by atoms with van der Waals surface area (Å²) in [5.41, 5.74) is 2.35. The molecule has 1 saturated heterocycles. The number of hydrogen-bond donors (Lipinski definition) is 0. The first-order valence-electron chi connectivity index (χ1n) is 10.1. The van der Waals surface area contributed by atoms with E-state index in [1.165, 1.54) is 0 Å². The van der Waals surface area contributed by atoms with Gasteiger partial charge in [-0.15, -0.1) is 0 Å². The third-order valence-corrected chi connectivity index (χ3v) is 5.56. The number of amides is 2. The SMILES string of the molecule is CC[C@H]1CN(C(=O)c2ccc3ccccc3n2)CCC(=O)N1Cc1ccccc1. The van der Waals surface area contributed by atoms with Crippen molar-refractivity contribution in [1.29, 1.82) is 0 Å². The van der Waals surface area contributed by atoms with Crippen LogP contribution >= 0.6 is 0 Å². The third kappa shape index (κ3) is 4.14. The molecule has 4 rings (SSSR count). The van der Waals surface area contributed by atoms with Gasteiger partial charge in [0, 0.05) is 37.5 Å². The zero-order chi connectivity index (χ0) is 20.2. The van der Waals surface area contributed by atoms with Crippen molar-refractivity contribution in [3.63, 3.8) is 0 Å². The van der Waals surface area contributed by atoms with Crippen LogP contribution in [0.4, 0.5) is 0 Å². The summed E-state index contributed by atoms with van der Waals surface area (Å²) in [5, 5.41) is 1.01. The van der Waals surface area contributed by atoms with E-state index < -0.39 is 0 Å². The van der Waals surface area contributed by atoms with Crippen LogP contribution < -0.4 is 0 Å². The van der Waals surface area contributed by atoms with Gasteiger partial charge in [-0.25, -0.2) is 4.98 Å². The summed E-state index contributed by atoms with van der Waals surface area (Å²) in [6, 6.07) is 21.5. The molecule has 29 heavy (non-hydrogen) atoms. The first kappa shape index (κ1) is 19.1. The molecule has 1 fully saturated rings. The minimum atomic E-state index is -0.108. The maximum absolute atomic E-state index is 13.2. The Bertz CT molecular complexity index is 1020. The fourth-order valence-electron chi connectivity index (χ4n) is 3.90. The van der Waals surface area contributed by atoms with Crippen LogP contribution in [0.3, 0.4) is 0 Å². The van der Waals surface area contributed by atoms with Gasteiger partial charge in [0.1, 0.15) is 5.69 Å². The lowest BCUT2D eigenvalue weighted by Crippen LogP contribution is -2.43. The number of pyridine rings is 1. The van der Waals surface area contributed by atoms with Gasteiger partial charge < -0.3 is 9.80 Å². The Hall–Kier alpha value is -3.21. The summed E-state index contributed by atoms with van der Waals surface area (Å²) < 4.78 is 0. The van der Waals surface area contributed by atoms with Crippen LogP contribution in [-0.4, -0.2) is 45.7 Å². The number of para-hydroxylation sites is 1. The van der Waals surface area contributed by atoms with Gasteiger partial charge in [-0.2, -0.15) is 0 Å². The molecule has 0 N–H and O–H groups in total. The Labute approximate surface area is 171 Å². The predicted molar refractivity (Wildman–Crippen MR) is 113 cm³/mol. The van der Waals surface area contributed by atoms with E-state index in [-0.39, 0.29) is 17.9 Å². The highest BCUT2D eigenvalue weighted by Crippen LogP contribution is 2.20. The van der Waals surface area contributed by atoms with Crippen LogP contribution in [0.15, 0.2) is 66.7 Å². The van der Waals surface area contributed by atoms with E-state index in [9.17, 15) is 9.59 Å². The molecule has 148 valence electrons. The van der Waals surface area contributed by atoms with Gasteiger partial charge in [-0.3, -0.25) is 9.59 Å². The number of carbonyl (C=O) groups excluding carboxylic acids is 2. The van der Waals surface area contributed by atoms with Crippen molar-refractivity contribution in [3.05, 3.63) is 78.0 Å². The highest BCUT2D eigenvalue weighted by Gasteiger charge is 2.31. The molecular formula is C24H25N3O2. The Morgan fingerprint density at radius 2 is 1.79 bits per heavy atom. The highest BCUT2D eigenvalue weighted by molar-refractivity contribution is 5.95. The lowest BCUT2D eigenvalue weighted by molar-refractivity contribution is -0.133. The average Bonchev–Trinajstić information content (AvgIpc) is 2.92. The second-order valence-corrected chi connectivity index (χ2v) is 7.46. The van der Waals surface area contributed by atoms with E-state index >= 15 is 0 Å². The molecule has 0 unspecified atom stereocenters. The number of nitrogens with zero attached hydrogens (tertiary/aromatic N) is 3.